The molecule has 0 unspecified atom stereocenters. The van der Waals surface area contributed by atoms with E-state index in [9.17, 15) is 4.79 Å². The van der Waals surface area contributed by atoms with Crippen molar-refractivity contribution in [2.75, 3.05) is 6.61 Å². The number of allylic oxidation sites excluding steroid dienone is 1. The lowest BCUT2D eigenvalue weighted by molar-refractivity contribution is -0.137. The molecule has 160 valence electrons. The fourth-order valence-corrected chi connectivity index (χ4v) is 3.47. The summed E-state index contributed by atoms with van der Waals surface area (Å²) in [4.78, 5) is 14.7. The van der Waals surface area contributed by atoms with E-state index in [4.69, 9.17) is 4.74 Å². The highest BCUT2D eigenvalue weighted by Gasteiger charge is 2.15. The van der Waals surface area contributed by atoms with Gasteiger partial charge in [0.15, 0.2) is 0 Å². The molecule has 3 nitrogen and oxygen atoms in total. The van der Waals surface area contributed by atoms with Gasteiger partial charge in [0.25, 0.3) is 0 Å². The molecule has 0 amide bonds. The van der Waals surface area contributed by atoms with Crippen LogP contribution in [0.3, 0.4) is 0 Å². The summed E-state index contributed by atoms with van der Waals surface area (Å²) in [6, 6.07) is 27.4. The average Bonchev–Trinajstić information content (AvgIpc) is 2.77. The van der Waals surface area contributed by atoms with Crippen LogP contribution in [0.1, 0.15) is 34.7 Å². The van der Waals surface area contributed by atoms with Crippen LogP contribution in [0.4, 0.5) is 0 Å². The number of rotatable bonds is 9. The minimum atomic E-state index is -0.300. The molecule has 0 N–H and O–H groups in total. The van der Waals surface area contributed by atoms with E-state index in [0.717, 1.165) is 11.3 Å². The molecule has 0 spiro atoms. The van der Waals surface area contributed by atoms with Gasteiger partial charge >= 0.3 is 5.97 Å². The van der Waals surface area contributed by atoms with Crippen molar-refractivity contribution in [2.24, 2.45) is 0 Å². The van der Waals surface area contributed by atoms with E-state index < -0.39 is 0 Å². The summed E-state index contributed by atoms with van der Waals surface area (Å²) in [5.74, 6) is -0.300. The molecule has 3 heteroatoms. The summed E-state index contributed by atoms with van der Waals surface area (Å²) >= 11 is 0. The van der Waals surface area contributed by atoms with Crippen LogP contribution in [0, 0.1) is 13.8 Å². The summed E-state index contributed by atoms with van der Waals surface area (Å²) in [5.41, 5.74) is 7.00. The monoisotopic (exact) mass is 413 g/mol. The van der Waals surface area contributed by atoms with E-state index in [0.29, 0.717) is 26.1 Å². The molecule has 3 rings (SSSR count). The molecular weight excluding hydrogens is 382 g/mol. The van der Waals surface area contributed by atoms with Crippen LogP contribution in [0.15, 0.2) is 90.6 Å². The fraction of sp³-hybridized carbons (Fsp3) is 0.250. The van der Waals surface area contributed by atoms with Crippen LogP contribution < -0.4 is 0 Å². The summed E-state index contributed by atoms with van der Waals surface area (Å²) in [5, 5.41) is 0. The Morgan fingerprint density at radius 1 is 0.774 bits per heavy atom. The Bertz CT molecular complexity index is 942. The lowest BCUT2D eigenvalue weighted by Crippen LogP contribution is -2.25. The zero-order chi connectivity index (χ0) is 22.1. The number of esters is 1. The second-order valence-electron chi connectivity index (χ2n) is 7.88. The minimum Gasteiger partial charge on any atom is -0.463 e. The summed E-state index contributed by atoms with van der Waals surface area (Å²) in [6.07, 6.45) is 2.32. The third-order valence-electron chi connectivity index (χ3n) is 5.19. The predicted molar refractivity (Wildman–Crippen MR) is 126 cm³/mol. The quantitative estimate of drug-likeness (QED) is 0.318. The Hall–Kier alpha value is -3.33. The first kappa shape index (κ1) is 22.4. The van der Waals surface area contributed by atoms with E-state index in [1.165, 1.54) is 22.3 Å². The summed E-state index contributed by atoms with van der Waals surface area (Å²) < 4.78 is 5.25. The molecule has 0 heterocycles. The van der Waals surface area contributed by atoms with Crippen molar-refractivity contribution >= 4 is 5.97 Å². The summed E-state index contributed by atoms with van der Waals surface area (Å²) in [7, 11) is 0. The molecule has 0 aliphatic carbocycles. The number of nitrogens with zero attached hydrogens (tertiary/aromatic N) is 1. The topological polar surface area (TPSA) is 29.5 Å². The lowest BCUT2D eigenvalue weighted by Gasteiger charge is -2.28. The second kappa shape index (κ2) is 11.2. The van der Waals surface area contributed by atoms with Crippen molar-refractivity contribution in [3.63, 3.8) is 0 Å². The highest BCUT2D eigenvalue weighted by molar-refractivity contribution is 5.82. The van der Waals surface area contributed by atoms with Crippen molar-refractivity contribution in [1.82, 2.24) is 4.90 Å². The highest BCUT2D eigenvalue weighted by atomic mass is 16.5. The van der Waals surface area contributed by atoms with Crippen LogP contribution in [0.5, 0.6) is 0 Å². The van der Waals surface area contributed by atoms with Crippen molar-refractivity contribution in [3.8, 4) is 0 Å². The van der Waals surface area contributed by atoms with Gasteiger partial charge in [0, 0.05) is 31.3 Å². The molecule has 0 aliphatic rings. The number of aryl methyl sites for hydroxylation is 2. The van der Waals surface area contributed by atoms with Gasteiger partial charge in [-0.05, 0) is 37.5 Å². The average molecular weight is 414 g/mol. The van der Waals surface area contributed by atoms with Gasteiger partial charge in [0.05, 0.1) is 6.61 Å². The largest absolute Gasteiger partial charge is 0.463 e. The van der Waals surface area contributed by atoms with E-state index in [2.05, 4.69) is 79.4 Å². The zero-order valence-corrected chi connectivity index (χ0v) is 18.7. The Balaban J connectivity index is 1.95. The van der Waals surface area contributed by atoms with E-state index in [1.54, 1.807) is 6.08 Å². The molecule has 0 atom stereocenters. The Labute approximate surface area is 186 Å². The molecule has 31 heavy (non-hydrogen) atoms. The van der Waals surface area contributed by atoms with E-state index in [-0.39, 0.29) is 5.97 Å². The van der Waals surface area contributed by atoms with E-state index >= 15 is 0 Å². The molecule has 0 saturated carbocycles. The SMILES string of the molecule is CCOC(=O)/C=C(/Cc1ccccc1)N(Cc1ccc(C)cc1)Cc1ccc(C)cc1. The van der Waals surface area contributed by atoms with Gasteiger partial charge in [-0.2, -0.15) is 0 Å². The molecule has 0 aromatic heterocycles. The molecule has 0 aliphatic heterocycles. The number of hydrogen-bond acceptors (Lipinski definition) is 3. The Morgan fingerprint density at radius 3 is 1.77 bits per heavy atom. The molecule has 0 fully saturated rings. The van der Waals surface area contributed by atoms with Gasteiger partial charge in [0.2, 0.25) is 0 Å². The Kier molecular flexibility index (Phi) is 8.05. The maximum absolute atomic E-state index is 12.4. The maximum Gasteiger partial charge on any atom is 0.332 e. The van der Waals surface area contributed by atoms with Crippen LogP contribution in [0.2, 0.25) is 0 Å². The normalized spacial score (nSPS) is 11.3. The number of carbonyl (C=O) groups excluding carboxylic acids is 1. The van der Waals surface area contributed by atoms with Gasteiger partial charge in [0.1, 0.15) is 0 Å². The molecule has 0 bridgehead atoms. The molecule has 0 radical (unpaired) electrons. The first-order valence-corrected chi connectivity index (χ1v) is 10.8. The zero-order valence-electron chi connectivity index (χ0n) is 18.7. The first-order valence-electron chi connectivity index (χ1n) is 10.8. The smallest absolute Gasteiger partial charge is 0.332 e. The van der Waals surface area contributed by atoms with Crippen molar-refractivity contribution in [3.05, 3.63) is 118 Å². The standard InChI is InChI=1S/C28H31NO2/c1-4-31-28(30)19-27(18-24-8-6-5-7-9-24)29(20-25-14-10-22(2)11-15-25)21-26-16-12-23(3)13-17-26/h5-17,19H,4,18,20-21H2,1-3H3/b27-19-. The van der Waals surface area contributed by atoms with Crippen LogP contribution in [-0.2, 0) is 29.0 Å². The van der Waals surface area contributed by atoms with Gasteiger partial charge in [-0.25, -0.2) is 4.79 Å². The lowest BCUT2D eigenvalue weighted by atomic mass is 10.1. The fourth-order valence-electron chi connectivity index (χ4n) is 3.47. The van der Waals surface area contributed by atoms with Crippen LogP contribution in [-0.4, -0.2) is 17.5 Å². The van der Waals surface area contributed by atoms with Crippen molar-refractivity contribution < 1.29 is 9.53 Å². The molecule has 3 aromatic carbocycles. The molecule has 0 saturated heterocycles. The number of ether oxygens (including phenoxy) is 1. The van der Waals surface area contributed by atoms with Crippen molar-refractivity contribution in [2.45, 2.75) is 40.3 Å². The number of carbonyl (C=O) groups is 1. The highest BCUT2D eigenvalue weighted by Crippen LogP contribution is 2.20. The number of hydrogen-bond donors (Lipinski definition) is 0. The van der Waals surface area contributed by atoms with E-state index in [1.807, 2.05) is 25.1 Å². The van der Waals surface area contributed by atoms with Crippen molar-refractivity contribution in [1.29, 1.82) is 0 Å². The van der Waals surface area contributed by atoms with Gasteiger partial charge < -0.3 is 9.64 Å². The molecule has 3 aromatic rings. The molecular formula is C28H31NO2. The third-order valence-corrected chi connectivity index (χ3v) is 5.19. The second-order valence-corrected chi connectivity index (χ2v) is 7.88. The van der Waals surface area contributed by atoms with Crippen LogP contribution >= 0.6 is 0 Å². The maximum atomic E-state index is 12.4. The first-order chi connectivity index (χ1) is 15.0. The number of benzene rings is 3. The summed E-state index contributed by atoms with van der Waals surface area (Å²) in [6.45, 7) is 7.81. The van der Waals surface area contributed by atoms with Gasteiger partial charge in [-0.1, -0.05) is 90.0 Å². The van der Waals surface area contributed by atoms with Gasteiger partial charge in [-0.3, -0.25) is 0 Å². The minimum absolute atomic E-state index is 0.300. The Morgan fingerprint density at radius 2 is 1.29 bits per heavy atom. The predicted octanol–water partition coefficient (Wildman–Crippen LogP) is 6.00. The van der Waals surface area contributed by atoms with Gasteiger partial charge in [-0.15, -0.1) is 0 Å². The van der Waals surface area contributed by atoms with Crippen LogP contribution in [0.25, 0.3) is 0 Å². The third kappa shape index (κ3) is 7.14.